The number of amides is 1. The van der Waals surface area contributed by atoms with E-state index in [1.165, 1.54) is 6.92 Å². The van der Waals surface area contributed by atoms with Crippen LogP contribution in [0.2, 0.25) is 0 Å². The summed E-state index contributed by atoms with van der Waals surface area (Å²) in [5.41, 5.74) is -0.470. The maximum absolute atomic E-state index is 11.3. The summed E-state index contributed by atoms with van der Waals surface area (Å²) in [5.74, 6) is -0.798. The Morgan fingerprint density at radius 2 is 2.19 bits per heavy atom. The van der Waals surface area contributed by atoms with Crippen LogP contribution in [0.25, 0.3) is 0 Å². The topological polar surface area (TPSA) is 66.8 Å². The number of likely N-dealkylation sites (tertiary alicyclic amines) is 1. The first-order valence-electron chi connectivity index (χ1n) is 5.51. The molecule has 0 aromatic heterocycles. The molecule has 0 unspecified atom stereocenters. The summed E-state index contributed by atoms with van der Waals surface area (Å²) in [6, 6.07) is 0. The highest BCUT2D eigenvalue weighted by molar-refractivity contribution is 5.73. The molecule has 1 saturated heterocycles. The number of methoxy groups -OCH3 is 1. The third kappa shape index (κ3) is 3.20. The standard InChI is InChI=1S/C11H19NO4/c1-9(13)12-7-3-5-11(8-12,16-2)6-4-10(14)15/h3-8H2,1-2H3,(H,14,15)/t11-/m0/s1. The molecule has 16 heavy (non-hydrogen) atoms. The van der Waals surface area contributed by atoms with E-state index in [1.807, 2.05) is 0 Å². The number of carbonyl (C=O) groups excluding carboxylic acids is 1. The molecule has 1 N–H and O–H groups in total. The zero-order valence-electron chi connectivity index (χ0n) is 9.86. The maximum Gasteiger partial charge on any atom is 0.303 e. The molecule has 1 aliphatic rings. The minimum Gasteiger partial charge on any atom is -0.481 e. The summed E-state index contributed by atoms with van der Waals surface area (Å²) in [4.78, 5) is 23.6. The molecule has 0 spiro atoms. The van der Waals surface area contributed by atoms with Gasteiger partial charge in [-0.3, -0.25) is 9.59 Å². The number of carboxylic acid groups (broad SMARTS) is 1. The molecule has 0 bridgehead atoms. The maximum atomic E-state index is 11.3. The number of carbonyl (C=O) groups is 2. The molecule has 1 rings (SSSR count). The molecule has 5 nitrogen and oxygen atoms in total. The molecule has 92 valence electrons. The number of rotatable bonds is 4. The molecule has 1 atom stereocenters. The van der Waals surface area contributed by atoms with Gasteiger partial charge in [0.25, 0.3) is 0 Å². The first-order valence-corrected chi connectivity index (χ1v) is 5.51. The van der Waals surface area contributed by atoms with Gasteiger partial charge in [0.15, 0.2) is 0 Å². The van der Waals surface area contributed by atoms with Gasteiger partial charge in [-0.2, -0.15) is 0 Å². The summed E-state index contributed by atoms with van der Waals surface area (Å²) >= 11 is 0. The Hall–Kier alpha value is -1.10. The van der Waals surface area contributed by atoms with E-state index in [4.69, 9.17) is 9.84 Å². The largest absolute Gasteiger partial charge is 0.481 e. The predicted molar refractivity (Wildman–Crippen MR) is 58.1 cm³/mol. The van der Waals surface area contributed by atoms with Crippen LogP contribution >= 0.6 is 0 Å². The number of hydrogen-bond donors (Lipinski definition) is 1. The summed E-state index contributed by atoms with van der Waals surface area (Å²) < 4.78 is 5.45. The average molecular weight is 229 g/mol. The van der Waals surface area contributed by atoms with Crippen molar-refractivity contribution >= 4 is 11.9 Å². The molecule has 1 heterocycles. The molecule has 0 aromatic rings. The zero-order chi connectivity index (χ0) is 12.2. The van der Waals surface area contributed by atoms with E-state index in [0.29, 0.717) is 13.0 Å². The number of piperidine rings is 1. The van der Waals surface area contributed by atoms with E-state index >= 15 is 0 Å². The van der Waals surface area contributed by atoms with Crippen molar-refractivity contribution < 1.29 is 19.4 Å². The van der Waals surface area contributed by atoms with Crippen LogP contribution in [0.15, 0.2) is 0 Å². The highest BCUT2D eigenvalue weighted by Gasteiger charge is 2.36. The van der Waals surface area contributed by atoms with Gasteiger partial charge in [0.2, 0.25) is 5.91 Å². The van der Waals surface area contributed by atoms with Crippen LogP contribution < -0.4 is 0 Å². The number of ether oxygens (including phenoxy) is 1. The molecule has 0 saturated carbocycles. The van der Waals surface area contributed by atoms with Crippen molar-refractivity contribution in [1.29, 1.82) is 0 Å². The fraction of sp³-hybridized carbons (Fsp3) is 0.818. The van der Waals surface area contributed by atoms with Crippen LogP contribution in [0.4, 0.5) is 0 Å². The highest BCUT2D eigenvalue weighted by Crippen LogP contribution is 2.29. The highest BCUT2D eigenvalue weighted by atomic mass is 16.5. The van der Waals surface area contributed by atoms with Crippen molar-refractivity contribution in [2.45, 2.75) is 38.2 Å². The average Bonchev–Trinajstić information content (AvgIpc) is 2.26. The van der Waals surface area contributed by atoms with Crippen LogP contribution in [0, 0.1) is 0 Å². The number of hydrogen-bond acceptors (Lipinski definition) is 3. The molecular weight excluding hydrogens is 210 g/mol. The molecule has 1 aliphatic heterocycles. The molecule has 0 aromatic carbocycles. The summed E-state index contributed by atoms with van der Waals surface area (Å²) in [6.45, 7) is 2.78. The molecule has 5 heteroatoms. The molecule has 0 aliphatic carbocycles. The van der Waals surface area contributed by atoms with Crippen LogP contribution in [-0.2, 0) is 14.3 Å². The Kier molecular flexibility index (Phi) is 4.29. The van der Waals surface area contributed by atoms with Gasteiger partial charge in [-0.15, -0.1) is 0 Å². The Morgan fingerprint density at radius 1 is 1.50 bits per heavy atom. The van der Waals surface area contributed by atoms with E-state index in [-0.39, 0.29) is 12.3 Å². The molecule has 1 fully saturated rings. The van der Waals surface area contributed by atoms with Crippen molar-refractivity contribution in [2.75, 3.05) is 20.2 Å². The number of nitrogens with zero attached hydrogens (tertiary/aromatic N) is 1. The monoisotopic (exact) mass is 229 g/mol. The lowest BCUT2D eigenvalue weighted by molar-refractivity contribution is -0.143. The second kappa shape index (κ2) is 5.30. The van der Waals surface area contributed by atoms with E-state index in [0.717, 1.165) is 19.4 Å². The second-order valence-electron chi connectivity index (χ2n) is 4.33. The van der Waals surface area contributed by atoms with E-state index < -0.39 is 11.6 Å². The minimum absolute atomic E-state index is 0.0245. The Bertz CT molecular complexity index is 279. The van der Waals surface area contributed by atoms with Gasteiger partial charge in [-0.1, -0.05) is 0 Å². The van der Waals surface area contributed by atoms with Crippen molar-refractivity contribution in [3.8, 4) is 0 Å². The van der Waals surface area contributed by atoms with Crippen molar-refractivity contribution in [3.05, 3.63) is 0 Å². The molecule has 0 radical (unpaired) electrons. The summed E-state index contributed by atoms with van der Waals surface area (Å²) in [5, 5.41) is 8.69. The fourth-order valence-electron chi connectivity index (χ4n) is 2.17. The fourth-order valence-corrected chi connectivity index (χ4v) is 2.17. The molecule has 1 amide bonds. The lowest BCUT2D eigenvalue weighted by Crippen LogP contribution is -2.51. The minimum atomic E-state index is -0.823. The Labute approximate surface area is 95.4 Å². The van der Waals surface area contributed by atoms with Gasteiger partial charge in [-0.25, -0.2) is 0 Å². The quantitative estimate of drug-likeness (QED) is 0.777. The normalized spacial score (nSPS) is 25.5. The van der Waals surface area contributed by atoms with E-state index in [2.05, 4.69) is 0 Å². The van der Waals surface area contributed by atoms with Crippen molar-refractivity contribution in [1.82, 2.24) is 4.90 Å². The number of carboxylic acids is 1. The van der Waals surface area contributed by atoms with Crippen LogP contribution in [0.3, 0.4) is 0 Å². The van der Waals surface area contributed by atoms with Crippen LogP contribution in [-0.4, -0.2) is 47.7 Å². The zero-order valence-corrected chi connectivity index (χ0v) is 9.86. The lowest BCUT2D eigenvalue weighted by atomic mass is 9.88. The van der Waals surface area contributed by atoms with Gasteiger partial charge < -0.3 is 14.7 Å². The second-order valence-corrected chi connectivity index (χ2v) is 4.33. The Balaban J connectivity index is 2.63. The Morgan fingerprint density at radius 3 is 2.69 bits per heavy atom. The van der Waals surface area contributed by atoms with Gasteiger partial charge >= 0.3 is 5.97 Å². The van der Waals surface area contributed by atoms with Gasteiger partial charge in [0.05, 0.1) is 5.60 Å². The third-order valence-electron chi connectivity index (χ3n) is 3.21. The summed E-state index contributed by atoms with van der Waals surface area (Å²) in [7, 11) is 1.59. The van der Waals surface area contributed by atoms with Gasteiger partial charge in [0, 0.05) is 33.5 Å². The van der Waals surface area contributed by atoms with Crippen molar-refractivity contribution in [3.63, 3.8) is 0 Å². The summed E-state index contributed by atoms with van der Waals surface area (Å²) in [6.07, 6.45) is 2.23. The van der Waals surface area contributed by atoms with E-state index in [1.54, 1.807) is 12.0 Å². The lowest BCUT2D eigenvalue weighted by Gasteiger charge is -2.41. The van der Waals surface area contributed by atoms with Crippen LogP contribution in [0.5, 0.6) is 0 Å². The smallest absolute Gasteiger partial charge is 0.303 e. The van der Waals surface area contributed by atoms with Crippen molar-refractivity contribution in [2.24, 2.45) is 0 Å². The third-order valence-corrected chi connectivity index (χ3v) is 3.21. The first-order chi connectivity index (χ1) is 7.49. The van der Waals surface area contributed by atoms with Crippen LogP contribution in [0.1, 0.15) is 32.6 Å². The van der Waals surface area contributed by atoms with Gasteiger partial charge in [0.1, 0.15) is 0 Å². The predicted octanol–water partition coefficient (Wildman–Crippen LogP) is 0.879. The van der Waals surface area contributed by atoms with E-state index in [9.17, 15) is 9.59 Å². The SMILES string of the molecule is CO[C@]1(CCC(=O)O)CCCN(C(C)=O)C1. The first kappa shape index (κ1) is 13.0. The van der Waals surface area contributed by atoms with Gasteiger partial charge in [-0.05, 0) is 19.3 Å². The molecular formula is C11H19NO4. The number of aliphatic carboxylic acids is 1.